The third kappa shape index (κ3) is 8.49. The maximum atomic E-state index is 2.56. The molecule has 8 aromatic rings. The molecule has 0 saturated carbocycles. The first-order chi connectivity index (χ1) is 29.8. The molecular formula is C59H59P2Si. The van der Waals surface area contributed by atoms with Crippen LogP contribution in [0.15, 0.2) is 158 Å². The lowest BCUT2D eigenvalue weighted by atomic mass is 9.90. The molecule has 0 aliphatic rings. The highest BCUT2D eigenvalue weighted by molar-refractivity contribution is 7.80. The molecule has 62 heavy (non-hydrogen) atoms. The van der Waals surface area contributed by atoms with Crippen molar-refractivity contribution in [1.29, 1.82) is 0 Å². The summed E-state index contributed by atoms with van der Waals surface area (Å²) in [5.74, 6) is 0. The Bertz CT molecular complexity index is 2580. The van der Waals surface area contributed by atoms with Crippen LogP contribution in [0.2, 0.25) is 6.55 Å². The van der Waals surface area contributed by atoms with Gasteiger partial charge >= 0.3 is 0 Å². The van der Waals surface area contributed by atoms with Crippen LogP contribution >= 0.6 is 15.8 Å². The fraction of sp³-hybridized carbons (Fsp3) is 0.186. The Labute approximate surface area is 376 Å². The van der Waals surface area contributed by atoms with Crippen LogP contribution in [-0.2, 0) is 0 Å². The summed E-state index contributed by atoms with van der Waals surface area (Å²) >= 11 is 0. The van der Waals surface area contributed by atoms with E-state index < -0.39 is 16.7 Å². The minimum Gasteiger partial charge on any atom is -0.0818 e. The lowest BCUT2D eigenvalue weighted by Crippen LogP contribution is -2.51. The summed E-state index contributed by atoms with van der Waals surface area (Å²) < 4.78 is 0. The van der Waals surface area contributed by atoms with Crippen molar-refractivity contribution in [2.24, 2.45) is 0 Å². The summed E-state index contributed by atoms with van der Waals surface area (Å²) in [7, 11) is -2.53. The molecule has 0 bridgehead atoms. The van der Waals surface area contributed by atoms with Gasteiger partial charge in [-0.2, -0.15) is 0 Å². The molecule has 0 nitrogen and oxygen atoms in total. The van der Waals surface area contributed by atoms with E-state index in [1.807, 2.05) is 0 Å². The molecule has 0 heterocycles. The van der Waals surface area contributed by atoms with E-state index in [1.165, 1.54) is 121 Å². The zero-order chi connectivity index (χ0) is 43.8. The molecule has 0 aliphatic carbocycles. The van der Waals surface area contributed by atoms with Crippen molar-refractivity contribution in [3.05, 3.63) is 202 Å². The quantitative estimate of drug-likeness (QED) is 0.0949. The monoisotopic (exact) mass is 857 g/mol. The maximum absolute atomic E-state index is 2.56. The number of rotatable bonds is 10. The first-order valence-electron chi connectivity index (χ1n) is 21.9. The van der Waals surface area contributed by atoms with Gasteiger partial charge < -0.3 is 0 Å². The Morgan fingerprint density at radius 3 is 0.903 bits per heavy atom. The third-order valence-electron chi connectivity index (χ3n) is 12.8. The van der Waals surface area contributed by atoms with Crippen molar-refractivity contribution in [3.63, 3.8) is 0 Å². The van der Waals surface area contributed by atoms with Crippen molar-refractivity contribution in [3.8, 4) is 44.5 Å². The fourth-order valence-corrected chi connectivity index (χ4v) is 17.2. The predicted octanol–water partition coefficient (Wildman–Crippen LogP) is 13.2. The second-order valence-electron chi connectivity index (χ2n) is 17.5. The largest absolute Gasteiger partial charge is 0.119 e. The number of aryl methyl sites for hydroxylation is 8. The number of benzene rings is 8. The topological polar surface area (TPSA) is 0 Å². The Morgan fingerprint density at radius 2 is 0.597 bits per heavy atom. The van der Waals surface area contributed by atoms with Crippen LogP contribution in [0.25, 0.3) is 44.5 Å². The van der Waals surface area contributed by atoms with E-state index in [0.717, 1.165) is 0 Å². The van der Waals surface area contributed by atoms with Crippen molar-refractivity contribution in [2.75, 3.05) is 13.3 Å². The molecule has 0 aromatic heterocycles. The highest BCUT2D eigenvalue weighted by atomic mass is 31.1. The normalized spacial score (nSPS) is 11.6. The van der Waals surface area contributed by atoms with E-state index in [0.29, 0.717) is 0 Å². The zero-order valence-electron chi connectivity index (χ0n) is 38.4. The molecule has 0 saturated heterocycles. The molecule has 0 N–H and O–H groups in total. The van der Waals surface area contributed by atoms with Gasteiger partial charge in [0.2, 0.25) is 0 Å². The van der Waals surface area contributed by atoms with Crippen LogP contribution < -0.4 is 31.6 Å². The summed E-state index contributed by atoms with van der Waals surface area (Å²) in [4.78, 5) is 0. The minimum absolute atomic E-state index is 0.267. The Hall–Kier alpha value is -5.16. The highest BCUT2D eigenvalue weighted by Crippen LogP contribution is 2.42. The maximum Gasteiger partial charge on any atom is 0.119 e. The lowest BCUT2D eigenvalue weighted by molar-refractivity contribution is 1.37. The molecule has 0 unspecified atom stereocenters. The smallest absolute Gasteiger partial charge is 0.0818 e. The van der Waals surface area contributed by atoms with Crippen LogP contribution in [0.4, 0.5) is 0 Å². The second-order valence-corrected chi connectivity index (χ2v) is 24.3. The van der Waals surface area contributed by atoms with Crippen LogP contribution in [-0.4, -0.2) is 22.1 Å². The van der Waals surface area contributed by atoms with Gasteiger partial charge in [-0.15, -0.1) is 0 Å². The molecule has 0 amide bonds. The van der Waals surface area contributed by atoms with Gasteiger partial charge in [-0.3, -0.25) is 0 Å². The van der Waals surface area contributed by atoms with E-state index in [9.17, 15) is 0 Å². The van der Waals surface area contributed by atoms with Crippen molar-refractivity contribution in [1.82, 2.24) is 0 Å². The van der Waals surface area contributed by atoms with Gasteiger partial charge in [0.15, 0.2) is 0 Å². The summed E-state index contributed by atoms with van der Waals surface area (Å²) in [5.41, 5.74) is 20.9. The molecule has 0 atom stereocenters. The van der Waals surface area contributed by atoms with Crippen molar-refractivity contribution < 1.29 is 0 Å². The van der Waals surface area contributed by atoms with Gasteiger partial charge in [0.05, 0.1) is 0 Å². The minimum atomic E-state index is -1.17. The standard InChI is InChI=1S/C59H59P2Si/c1-38-20-16-21-39(2)56(38)46-32-47(57-40(3)22-17-23-41(57)4)35-50(34-46)61(53-29-13-15-31-55(53)62(11)54-30-14-12-28-52(54)60(9)10)51-36-48(58-42(5)24-18-25-43(58)6)33-49(37-51)59-44(7)26-19-27-45(59)8/h12-37H,1-11H3. The first-order valence-corrected chi connectivity index (χ1v) is 27.5. The fourth-order valence-electron chi connectivity index (χ4n) is 9.88. The summed E-state index contributed by atoms with van der Waals surface area (Å²) in [6.45, 7) is 25.5. The zero-order valence-corrected chi connectivity index (χ0v) is 41.2. The molecule has 0 fully saturated rings. The molecule has 8 rings (SSSR count). The molecule has 309 valence electrons. The Balaban J connectivity index is 1.52. The molecule has 8 aromatic carbocycles. The average molecular weight is 858 g/mol. The predicted molar refractivity (Wildman–Crippen MR) is 281 cm³/mol. The number of hydrogen-bond donors (Lipinski definition) is 0. The van der Waals surface area contributed by atoms with Gasteiger partial charge in [0, 0.05) is 0 Å². The number of hydrogen-bond acceptors (Lipinski definition) is 0. The van der Waals surface area contributed by atoms with Crippen molar-refractivity contribution >= 4 is 56.2 Å². The van der Waals surface area contributed by atoms with E-state index >= 15 is 0 Å². The van der Waals surface area contributed by atoms with Gasteiger partial charge in [0.1, 0.15) is 8.80 Å². The highest BCUT2D eigenvalue weighted by Gasteiger charge is 2.28. The van der Waals surface area contributed by atoms with Crippen LogP contribution in [0, 0.1) is 55.4 Å². The average Bonchev–Trinajstić information content (AvgIpc) is 3.23. The van der Waals surface area contributed by atoms with Gasteiger partial charge in [0.25, 0.3) is 0 Å². The van der Waals surface area contributed by atoms with Crippen LogP contribution in [0.5, 0.6) is 0 Å². The van der Waals surface area contributed by atoms with E-state index in [1.54, 1.807) is 0 Å². The third-order valence-corrected chi connectivity index (χ3v) is 19.5. The molecule has 1 radical (unpaired) electrons. The lowest BCUT2D eigenvalue weighted by Gasteiger charge is -2.28. The Morgan fingerprint density at radius 1 is 0.323 bits per heavy atom. The van der Waals surface area contributed by atoms with Gasteiger partial charge in [-0.1, -0.05) is 136 Å². The van der Waals surface area contributed by atoms with Crippen LogP contribution in [0.1, 0.15) is 44.5 Å². The van der Waals surface area contributed by atoms with E-state index in [-0.39, 0.29) is 7.92 Å². The molecule has 3 heteroatoms. The summed E-state index contributed by atoms with van der Waals surface area (Å²) in [6.07, 6.45) is 0. The van der Waals surface area contributed by atoms with E-state index in [4.69, 9.17) is 0 Å². The second kappa shape index (κ2) is 18.3. The van der Waals surface area contributed by atoms with Crippen LogP contribution in [0.3, 0.4) is 0 Å². The summed E-state index contributed by atoms with van der Waals surface area (Å²) in [6, 6.07) is 61.0. The van der Waals surface area contributed by atoms with Gasteiger partial charge in [-0.05, 0) is 234 Å². The van der Waals surface area contributed by atoms with Crippen molar-refractivity contribution in [2.45, 2.75) is 61.9 Å². The SMILES string of the molecule is Cc1cccc(C)c1-c1cc(-c2c(C)cccc2C)cc(P(c2cc(-c3c(C)cccc3C)cc(-c3c(C)cccc3C)c2)c2ccccc2[Si](C)c2ccccc2P(C)C)c1. The Kier molecular flexibility index (Phi) is 12.8. The molecule has 0 aliphatic heterocycles. The molecule has 0 spiro atoms. The molecular weight excluding hydrogens is 799 g/mol. The summed E-state index contributed by atoms with van der Waals surface area (Å²) in [5, 5.41) is 8.80. The first kappa shape index (κ1) is 43.5. The van der Waals surface area contributed by atoms with E-state index in [2.05, 4.69) is 233 Å². The van der Waals surface area contributed by atoms with Gasteiger partial charge in [-0.25, -0.2) is 0 Å².